The lowest BCUT2D eigenvalue weighted by Gasteiger charge is -1.90. The van der Waals surface area contributed by atoms with Gasteiger partial charge in [-0.3, -0.25) is 0 Å². The molecule has 0 aromatic rings. The molecule has 0 amide bonds. The Morgan fingerprint density at radius 1 is 0.875 bits per heavy atom. The Morgan fingerprint density at radius 2 is 0.875 bits per heavy atom. The fourth-order valence-corrected chi connectivity index (χ4v) is 0. The van der Waals surface area contributed by atoms with Crippen molar-refractivity contribution in [2.45, 2.75) is 13.8 Å². The van der Waals surface area contributed by atoms with E-state index >= 15 is 0 Å². The fourth-order valence-electron chi connectivity index (χ4n) is 0. The maximum atomic E-state index is 2.00. The van der Waals surface area contributed by atoms with Crippen molar-refractivity contribution in [2.24, 2.45) is 0 Å². The molecule has 0 spiro atoms. The molecule has 0 radical (unpaired) electrons. The van der Waals surface area contributed by atoms with Crippen LogP contribution in [0.25, 0.3) is 0 Å². The van der Waals surface area contributed by atoms with Crippen LogP contribution >= 0.6 is 24.0 Å². The van der Waals surface area contributed by atoms with Gasteiger partial charge in [-0.1, -0.05) is 13.8 Å². The highest BCUT2D eigenvalue weighted by Crippen LogP contribution is 1.47. The van der Waals surface area contributed by atoms with Gasteiger partial charge < -0.3 is 11.1 Å². The second-order valence-corrected chi connectivity index (χ2v) is 1.34. The molecule has 3 heteroatoms. The molecule has 56 valence electrons. The molecule has 8 heavy (non-hydrogen) atoms. The van der Waals surface area contributed by atoms with Crippen LogP contribution in [0.2, 0.25) is 0 Å². The first-order chi connectivity index (χ1) is 2.73. The summed E-state index contributed by atoms with van der Waals surface area (Å²) in [5.41, 5.74) is 0. The summed E-state index contributed by atoms with van der Waals surface area (Å²) in [6, 6.07) is 0. The largest absolute Gasteiger partial charge is 0.344 e. The number of hydrogen-bond donors (Lipinski definition) is 1. The van der Waals surface area contributed by atoms with Gasteiger partial charge in [0, 0.05) is 0 Å². The predicted octanol–water partition coefficient (Wildman–Crippen LogP) is 1.98. The minimum absolute atomic E-state index is 0. The molecule has 2 nitrogen and oxygen atoms in total. The Morgan fingerprint density at radius 3 is 0.875 bits per heavy atom. The van der Waals surface area contributed by atoms with Crippen LogP contribution in [0.1, 0.15) is 13.8 Å². The van der Waals surface area contributed by atoms with E-state index < -0.39 is 0 Å². The summed E-state index contributed by atoms with van der Waals surface area (Å²) >= 11 is 0. The number of halogens is 1. The molecule has 3 N–H and O–H groups in total. The average molecular weight is 234 g/mol. The summed E-state index contributed by atoms with van der Waals surface area (Å²) in [5.74, 6) is 0. The van der Waals surface area contributed by atoms with Crippen molar-refractivity contribution in [1.82, 2.24) is 11.1 Å². The molecule has 0 bridgehead atoms. The van der Waals surface area contributed by atoms with Crippen LogP contribution in [-0.2, 0) is 0 Å². The Kier molecular flexibility index (Phi) is 74.3. The number of rotatable bonds is 0. The van der Waals surface area contributed by atoms with E-state index in [0.29, 0.717) is 0 Å². The number of nitrogens with zero attached hydrogens (tertiary/aromatic N) is 1. The highest BCUT2D eigenvalue weighted by Gasteiger charge is 1.58. The molecule has 0 unspecified atom stereocenters. The molecule has 0 aromatic heterocycles. The van der Waals surface area contributed by atoms with E-state index in [9.17, 15) is 0 Å². The van der Waals surface area contributed by atoms with E-state index in [1.807, 2.05) is 39.9 Å². The van der Waals surface area contributed by atoms with Crippen molar-refractivity contribution in [3.8, 4) is 0 Å². The van der Waals surface area contributed by atoms with E-state index in [2.05, 4.69) is 0 Å². The van der Waals surface area contributed by atoms with Crippen molar-refractivity contribution >= 4 is 24.0 Å². The van der Waals surface area contributed by atoms with E-state index in [1.165, 1.54) is 0 Å². The van der Waals surface area contributed by atoms with Crippen LogP contribution < -0.4 is 6.15 Å². The standard InChI is InChI=1S/C3H9N.C2H6.HI.H3N/c1-4(2)3;1-2;;/h1-3H3;1-2H3;1H;1H3. The lowest BCUT2D eigenvalue weighted by molar-refractivity contribution is 0.505. The molecule has 0 aliphatic rings. The summed E-state index contributed by atoms with van der Waals surface area (Å²) in [7, 11) is 6.00. The second-order valence-electron chi connectivity index (χ2n) is 1.34. The molecule has 0 atom stereocenters. The summed E-state index contributed by atoms with van der Waals surface area (Å²) in [4.78, 5) is 2.00. The third-order valence-corrected chi connectivity index (χ3v) is 0. The Hall–Kier alpha value is 0.650. The topological polar surface area (TPSA) is 38.2 Å². The van der Waals surface area contributed by atoms with E-state index in [-0.39, 0.29) is 30.1 Å². The molecule has 0 aromatic carbocycles. The minimum atomic E-state index is 0. The van der Waals surface area contributed by atoms with Crippen molar-refractivity contribution < 1.29 is 0 Å². The highest BCUT2D eigenvalue weighted by molar-refractivity contribution is 14.0. The zero-order valence-electron chi connectivity index (χ0n) is 6.56. The van der Waals surface area contributed by atoms with Crippen LogP contribution in [-0.4, -0.2) is 26.0 Å². The third-order valence-electron chi connectivity index (χ3n) is 0. The zero-order chi connectivity index (χ0) is 5.58. The van der Waals surface area contributed by atoms with Gasteiger partial charge in [0.25, 0.3) is 0 Å². The van der Waals surface area contributed by atoms with Crippen molar-refractivity contribution in [3.63, 3.8) is 0 Å². The van der Waals surface area contributed by atoms with Crippen LogP contribution in [0.3, 0.4) is 0 Å². The van der Waals surface area contributed by atoms with Crippen LogP contribution in [0.5, 0.6) is 0 Å². The van der Waals surface area contributed by atoms with Crippen molar-refractivity contribution in [2.75, 3.05) is 21.1 Å². The first-order valence-electron chi connectivity index (χ1n) is 2.34. The molecule has 0 rings (SSSR count). The summed E-state index contributed by atoms with van der Waals surface area (Å²) in [6.45, 7) is 4.00. The van der Waals surface area contributed by atoms with Gasteiger partial charge in [-0.15, -0.1) is 24.0 Å². The molecule has 0 aliphatic carbocycles. The van der Waals surface area contributed by atoms with Crippen LogP contribution in [0, 0.1) is 0 Å². The van der Waals surface area contributed by atoms with E-state index in [4.69, 9.17) is 0 Å². The van der Waals surface area contributed by atoms with Crippen LogP contribution in [0.15, 0.2) is 0 Å². The predicted molar refractivity (Wildman–Crippen MR) is 51.4 cm³/mol. The molecule has 0 aliphatic heterocycles. The summed E-state index contributed by atoms with van der Waals surface area (Å²) in [5, 5.41) is 0. The molecule has 0 heterocycles. The summed E-state index contributed by atoms with van der Waals surface area (Å²) < 4.78 is 0. The second kappa shape index (κ2) is 25.4. The SMILES string of the molecule is CC.CN(C)C.I.N. The molecule has 0 fully saturated rings. The monoisotopic (exact) mass is 234 g/mol. The van der Waals surface area contributed by atoms with Gasteiger partial charge in [0.05, 0.1) is 0 Å². The van der Waals surface area contributed by atoms with Gasteiger partial charge in [0.15, 0.2) is 0 Å². The first kappa shape index (κ1) is 23.4. The van der Waals surface area contributed by atoms with Crippen molar-refractivity contribution in [1.29, 1.82) is 0 Å². The summed E-state index contributed by atoms with van der Waals surface area (Å²) in [6.07, 6.45) is 0. The smallest absolute Gasteiger partial charge is 0.0140 e. The van der Waals surface area contributed by atoms with Gasteiger partial charge >= 0.3 is 0 Å². The average Bonchev–Trinajstić information content (AvgIpc) is 1.41. The Balaban J connectivity index is -0.0000000183. The maximum absolute atomic E-state index is 2.00. The van der Waals surface area contributed by atoms with Gasteiger partial charge in [-0.05, 0) is 21.1 Å². The normalized spacial score (nSPS) is 5.25. The highest BCUT2D eigenvalue weighted by atomic mass is 127. The van der Waals surface area contributed by atoms with Crippen LogP contribution in [0.4, 0.5) is 0 Å². The lowest BCUT2D eigenvalue weighted by atomic mass is 11.0. The molecular formula is C5H19IN2. The Labute approximate surface area is 70.2 Å². The zero-order valence-corrected chi connectivity index (χ0v) is 8.89. The minimum Gasteiger partial charge on any atom is -0.344 e. The van der Waals surface area contributed by atoms with Gasteiger partial charge in [-0.2, -0.15) is 0 Å². The maximum Gasteiger partial charge on any atom is -0.0140 e. The molecule has 0 saturated heterocycles. The van der Waals surface area contributed by atoms with Crippen molar-refractivity contribution in [3.05, 3.63) is 0 Å². The van der Waals surface area contributed by atoms with Gasteiger partial charge in [-0.25, -0.2) is 0 Å². The quantitative estimate of drug-likeness (QED) is 0.651. The third kappa shape index (κ3) is 502. The van der Waals surface area contributed by atoms with E-state index in [1.54, 1.807) is 0 Å². The fraction of sp³-hybridized carbons (Fsp3) is 1.00. The lowest BCUT2D eigenvalue weighted by Crippen LogP contribution is -1.99. The Bertz CT molecular complexity index is 15.1. The molecular weight excluding hydrogens is 215 g/mol. The first-order valence-corrected chi connectivity index (χ1v) is 2.34. The van der Waals surface area contributed by atoms with E-state index in [0.717, 1.165) is 0 Å². The van der Waals surface area contributed by atoms with Gasteiger partial charge in [0.1, 0.15) is 0 Å². The molecule has 0 saturated carbocycles. The number of hydrogen-bond acceptors (Lipinski definition) is 2. The van der Waals surface area contributed by atoms with Gasteiger partial charge in [0.2, 0.25) is 0 Å².